The van der Waals surface area contributed by atoms with E-state index in [-0.39, 0.29) is 5.92 Å². The third-order valence-electron chi connectivity index (χ3n) is 3.30. The van der Waals surface area contributed by atoms with Crippen LogP contribution in [0.1, 0.15) is 43.2 Å². The highest BCUT2D eigenvalue weighted by Crippen LogP contribution is 2.24. The van der Waals surface area contributed by atoms with E-state index in [0.717, 1.165) is 13.0 Å². The van der Waals surface area contributed by atoms with Crippen LogP contribution in [0, 0.1) is 0 Å². The number of Topliss-reactive ketones (excluding diaryl/α,β-unsaturated/α-hetero) is 1. The van der Waals surface area contributed by atoms with E-state index < -0.39 is 0 Å². The van der Waals surface area contributed by atoms with Gasteiger partial charge < -0.3 is 5.32 Å². The van der Waals surface area contributed by atoms with Gasteiger partial charge in [0.15, 0.2) is 5.78 Å². The molecule has 1 atom stereocenters. The largest absolute Gasteiger partial charge is 0.310 e. The minimum atomic E-state index is 0.113. The molecule has 0 aliphatic carbocycles. The van der Waals surface area contributed by atoms with Gasteiger partial charge >= 0.3 is 0 Å². The number of piperidine rings is 1. The van der Waals surface area contributed by atoms with Crippen molar-refractivity contribution in [2.24, 2.45) is 0 Å². The second-order valence-electron chi connectivity index (χ2n) is 4.81. The van der Waals surface area contributed by atoms with Crippen molar-refractivity contribution in [3.05, 3.63) is 35.4 Å². The molecule has 0 aromatic heterocycles. The fourth-order valence-corrected chi connectivity index (χ4v) is 2.21. The number of hydrogen-bond donors (Lipinski definition) is 1. The molecule has 0 bridgehead atoms. The summed E-state index contributed by atoms with van der Waals surface area (Å²) >= 11 is 0. The van der Waals surface area contributed by atoms with Gasteiger partial charge in [0.1, 0.15) is 0 Å². The number of benzene rings is 1. The summed E-state index contributed by atoms with van der Waals surface area (Å²) in [4.78, 5) is 11.8. The van der Waals surface area contributed by atoms with Gasteiger partial charge in [-0.25, -0.2) is 0 Å². The zero-order chi connectivity index (χ0) is 11.5. The Balaban J connectivity index is 2.17. The zero-order valence-electron chi connectivity index (χ0n) is 9.99. The molecule has 1 aliphatic heterocycles. The molecule has 0 saturated carbocycles. The maximum atomic E-state index is 11.8. The van der Waals surface area contributed by atoms with E-state index in [1.165, 1.54) is 11.1 Å². The Kier molecular flexibility index (Phi) is 3.39. The lowest BCUT2D eigenvalue weighted by molar-refractivity contribution is -0.120. The first-order valence-electron chi connectivity index (χ1n) is 6.02. The lowest BCUT2D eigenvalue weighted by Crippen LogP contribution is -2.35. The highest BCUT2D eigenvalue weighted by Gasteiger charge is 2.23. The van der Waals surface area contributed by atoms with Crippen LogP contribution >= 0.6 is 0 Å². The van der Waals surface area contributed by atoms with Crippen molar-refractivity contribution < 1.29 is 4.79 Å². The average Bonchev–Trinajstić information content (AvgIpc) is 2.30. The topological polar surface area (TPSA) is 29.1 Å². The Hall–Kier alpha value is -1.15. The van der Waals surface area contributed by atoms with Crippen LogP contribution < -0.4 is 5.32 Å². The van der Waals surface area contributed by atoms with Crippen LogP contribution in [0.5, 0.6) is 0 Å². The van der Waals surface area contributed by atoms with E-state index in [4.69, 9.17) is 0 Å². The number of carbonyl (C=O) groups excluding carboxylic acids is 1. The van der Waals surface area contributed by atoms with E-state index in [1.54, 1.807) is 0 Å². The second-order valence-corrected chi connectivity index (χ2v) is 4.81. The molecule has 1 N–H and O–H groups in total. The van der Waals surface area contributed by atoms with Gasteiger partial charge in [-0.15, -0.1) is 0 Å². The van der Waals surface area contributed by atoms with Gasteiger partial charge in [0, 0.05) is 5.92 Å². The smallest absolute Gasteiger partial charge is 0.154 e. The lowest BCUT2D eigenvalue weighted by atomic mass is 9.88. The first-order valence-corrected chi connectivity index (χ1v) is 6.02. The van der Waals surface area contributed by atoms with Crippen LogP contribution in [-0.4, -0.2) is 18.9 Å². The van der Waals surface area contributed by atoms with Crippen LogP contribution in [-0.2, 0) is 4.79 Å². The molecule has 16 heavy (non-hydrogen) atoms. The minimum Gasteiger partial charge on any atom is -0.310 e. The summed E-state index contributed by atoms with van der Waals surface area (Å²) in [5, 5.41) is 3.11. The summed E-state index contributed by atoms with van der Waals surface area (Å²) < 4.78 is 0. The summed E-state index contributed by atoms with van der Waals surface area (Å²) in [6.07, 6.45) is 0.930. The highest BCUT2D eigenvalue weighted by molar-refractivity contribution is 5.88. The number of ketones is 1. The van der Waals surface area contributed by atoms with Gasteiger partial charge in [-0.2, -0.15) is 0 Å². The minimum absolute atomic E-state index is 0.113. The molecule has 1 aromatic carbocycles. The predicted molar refractivity (Wildman–Crippen MR) is 65.8 cm³/mol. The molecule has 2 nitrogen and oxygen atoms in total. The van der Waals surface area contributed by atoms with E-state index in [1.807, 2.05) is 0 Å². The molecule has 2 heteroatoms. The van der Waals surface area contributed by atoms with Crippen molar-refractivity contribution >= 4 is 5.78 Å². The van der Waals surface area contributed by atoms with Crippen molar-refractivity contribution in [1.82, 2.24) is 5.32 Å². The fourth-order valence-electron chi connectivity index (χ4n) is 2.21. The van der Waals surface area contributed by atoms with E-state index in [9.17, 15) is 4.79 Å². The number of rotatable bonds is 2. The van der Waals surface area contributed by atoms with E-state index >= 15 is 0 Å². The van der Waals surface area contributed by atoms with E-state index in [0.29, 0.717) is 18.2 Å². The molecular formula is C14H19NO. The van der Waals surface area contributed by atoms with Crippen molar-refractivity contribution in [1.29, 1.82) is 0 Å². The van der Waals surface area contributed by atoms with Crippen LogP contribution in [0.4, 0.5) is 0 Å². The molecule has 1 heterocycles. The molecule has 2 rings (SSSR count). The molecule has 0 spiro atoms. The maximum absolute atomic E-state index is 11.8. The molecule has 0 radical (unpaired) electrons. The van der Waals surface area contributed by atoms with Gasteiger partial charge in [-0.05, 0) is 30.0 Å². The van der Waals surface area contributed by atoms with Crippen molar-refractivity contribution in [3.63, 3.8) is 0 Å². The Bertz CT molecular complexity index is 367. The normalized spacial score (nSPS) is 21.4. The quantitative estimate of drug-likeness (QED) is 0.824. The number of hydrogen-bond acceptors (Lipinski definition) is 2. The van der Waals surface area contributed by atoms with Crippen molar-refractivity contribution in [2.45, 2.75) is 32.1 Å². The van der Waals surface area contributed by atoms with Crippen LogP contribution in [0.25, 0.3) is 0 Å². The summed E-state index contributed by atoms with van der Waals surface area (Å²) in [6.45, 7) is 5.84. The lowest BCUT2D eigenvalue weighted by Gasteiger charge is -2.22. The Morgan fingerprint density at radius 2 is 1.94 bits per heavy atom. The number of carbonyl (C=O) groups is 1. The van der Waals surface area contributed by atoms with Gasteiger partial charge in [0.05, 0.1) is 6.54 Å². The number of nitrogens with one attached hydrogen (secondary N) is 1. The Morgan fingerprint density at radius 3 is 2.50 bits per heavy atom. The predicted octanol–water partition coefficient (Wildman–Crippen LogP) is 2.46. The van der Waals surface area contributed by atoms with E-state index in [2.05, 4.69) is 43.4 Å². The van der Waals surface area contributed by atoms with Crippen LogP contribution in [0.2, 0.25) is 0 Å². The standard InChI is InChI=1S/C14H19NO/c1-10(2)11-3-5-12(6-4-11)13-7-8-15-9-14(13)16/h3-6,10,13,15H,7-9H2,1-2H3. The molecule has 1 saturated heterocycles. The summed E-state index contributed by atoms with van der Waals surface area (Å²) in [5.74, 6) is 0.990. The molecule has 1 unspecified atom stereocenters. The van der Waals surface area contributed by atoms with Gasteiger partial charge in [-0.1, -0.05) is 38.1 Å². The fraction of sp³-hybridized carbons (Fsp3) is 0.500. The SMILES string of the molecule is CC(C)c1ccc(C2CCNCC2=O)cc1. The van der Waals surface area contributed by atoms with Crippen LogP contribution in [0.15, 0.2) is 24.3 Å². The Labute approximate surface area is 97.1 Å². The van der Waals surface area contributed by atoms with Gasteiger partial charge in [-0.3, -0.25) is 4.79 Å². The molecule has 86 valence electrons. The molecule has 1 fully saturated rings. The summed E-state index contributed by atoms with van der Waals surface area (Å²) in [5.41, 5.74) is 2.51. The molecular weight excluding hydrogens is 198 g/mol. The van der Waals surface area contributed by atoms with Crippen molar-refractivity contribution in [3.8, 4) is 0 Å². The summed E-state index contributed by atoms with van der Waals surface area (Å²) in [6, 6.07) is 8.52. The van der Waals surface area contributed by atoms with Crippen LogP contribution in [0.3, 0.4) is 0 Å². The first kappa shape index (κ1) is 11.3. The first-order chi connectivity index (χ1) is 7.68. The molecule has 1 aromatic rings. The molecule has 1 aliphatic rings. The zero-order valence-corrected chi connectivity index (χ0v) is 9.99. The van der Waals surface area contributed by atoms with Gasteiger partial charge in [0.2, 0.25) is 0 Å². The second kappa shape index (κ2) is 4.79. The average molecular weight is 217 g/mol. The third-order valence-corrected chi connectivity index (χ3v) is 3.30. The van der Waals surface area contributed by atoms with Gasteiger partial charge in [0.25, 0.3) is 0 Å². The summed E-state index contributed by atoms with van der Waals surface area (Å²) in [7, 11) is 0. The monoisotopic (exact) mass is 217 g/mol. The Morgan fingerprint density at radius 1 is 1.25 bits per heavy atom. The third kappa shape index (κ3) is 2.33. The highest BCUT2D eigenvalue weighted by atomic mass is 16.1. The maximum Gasteiger partial charge on any atom is 0.154 e. The van der Waals surface area contributed by atoms with Crippen molar-refractivity contribution in [2.75, 3.05) is 13.1 Å². The molecule has 0 amide bonds.